The van der Waals surface area contributed by atoms with Crippen molar-refractivity contribution in [3.8, 4) is 0 Å². The van der Waals surface area contributed by atoms with E-state index in [1.807, 2.05) is 50.2 Å². The zero-order chi connectivity index (χ0) is 26.2. The average molecular weight is 509 g/mol. The Hall–Kier alpha value is -1.98. The molecule has 0 N–H and O–H groups in total. The summed E-state index contributed by atoms with van der Waals surface area (Å²) in [6, 6.07) is 20.6. The zero-order valence-electron chi connectivity index (χ0n) is 23.3. The molecule has 3 rings (SSSR count). The molecule has 2 aromatic rings. The largest absolute Gasteiger partial charge is 0.368 e. The van der Waals surface area contributed by atoms with Crippen molar-refractivity contribution >= 4 is 0 Å². The third-order valence-corrected chi connectivity index (χ3v) is 6.84. The van der Waals surface area contributed by atoms with Gasteiger partial charge in [-0.05, 0) is 37.8 Å². The monoisotopic (exact) mass is 508 g/mol. The van der Waals surface area contributed by atoms with E-state index in [1.54, 1.807) is 0 Å². The molecule has 0 unspecified atom stereocenters. The van der Waals surface area contributed by atoms with Crippen molar-refractivity contribution in [2.75, 3.05) is 6.61 Å². The van der Waals surface area contributed by atoms with E-state index in [1.165, 1.54) is 51.4 Å². The first kappa shape index (κ1) is 29.6. The lowest BCUT2D eigenvalue weighted by molar-refractivity contribution is -0.173. The molecule has 37 heavy (non-hydrogen) atoms. The predicted octanol–water partition coefficient (Wildman–Crippen LogP) is 8.40. The Kier molecular flexibility index (Phi) is 13.4. The Labute approximate surface area is 225 Å². The summed E-state index contributed by atoms with van der Waals surface area (Å²) in [7, 11) is 0. The molecule has 0 spiro atoms. The molecule has 1 aliphatic rings. The van der Waals surface area contributed by atoms with Crippen LogP contribution in [0.15, 0.2) is 72.8 Å². The van der Waals surface area contributed by atoms with Gasteiger partial charge in [-0.2, -0.15) is 0 Å². The van der Waals surface area contributed by atoms with E-state index >= 15 is 0 Å². The summed E-state index contributed by atoms with van der Waals surface area (Å²) in [5, 5.41) is 0. The SMILES string of the molecule is CCCCCCCCCC/C=C/[C@@H](OCc1ccccc1)[C@H](OCc1ccccc1)[C@H]1COC(C)(C)O1. The molecule has 4 heteroatoms. The van der Waals surface area contributed by atoms with Crippen LogP contribution in [0.1, 0.15) is 89.7 Å². The molecule has 0 amide bonds. The van der Waals surface area contributed by atoms with Crippen LogP contribution in [0, 0.1) is 0 Å². The second kappa shape index (κ2) is 16.8. The highest BCUT2D eigenvalue weighted by Crippen LogP contribution is 2.29. The molecule has 0 aliphatic carbocycles. The van der Waals surface area contributed by atoms with Crippen LogP contribution in [-0.2, 0) is 32.2 Å². The number of benzene rings is 2. The van der Waals surface area contributed by atoms with Crippen LogP contribution < -0.4 is 0 Å². The van der Waals surface area contributed by atoms with Gasteiger partial charge in [-0.15, -0.1) is 0 Å². The fourth-order valence-corrected chi connectivity index (χ4v) is 4.71. The van der Waals surface area contributed by atoms with E-state index in [0.717, 1.165) is 17.5 Å². The molecule has 1 aliphatic heterocycles. The predicted molar refractivity (Wildman–Crippen MR) is 151 cm³/mol. The number of hydrogen-bond acceptors (Lipinski definition) is 4. The molecule has 0 aromatic heterocycles. The first-order chi connectivity index (χ1) is 18.1. The highest BCUT2D eigenvalue weighted by molar-refractivity contribution is 5.15. The van der Waals surface area contributed by atoms with E-state index in [2.05, 4.69) is 43.3 Å². The van der Waals surface area contributed by atoms with E-state index in [-0.39, 0.29) is 18.3 Å². The van der Waals surface area contributed by atoms with Gasteiger partial charge in [0, 0.05) is 0 Å². The van der Waals surface area contributed by atoms with Gasteiger partial charge in [0.05, 0.1) is 19.8 Å². The van der Waals surface area contributed by atoms with Crippen molar-refractivity contribution in [3.05, 3.63) is 83.9 Å². The Balaban J connectivity index is 1.62. The lowest BCUT2D eigenvalue weighted by atomic mass is 10.0. The second-order valence-corrected chi connectivity index (χ2v) is 10.6. The first-order valence-electron chi connectivity index (χ1n) is 14.4. The smallest absolute Gasteiger partial charge is 0.163 e. The average Bonchev–Trinajstić information content (AvgIpc) is 3.28. The molecular weight excluding hydrogens is 460 g/mol. The third-order valence-electron chi connectivity index (χ3n) is 6.84. The molecule has 1 fully saturated rings. The zero-order valence-corrected chi connectivity index (χ0v) is 23.3. The highest BCUT2D eigenvalue weighted by Gasteiger charge is 2.41. The number of unbranched alkanes of at least 4 members (excludes halogenated alkanes) is 8. The number of hydrogen-bond donors (Lipinski definition) is 0. The molecule has 3 atom stereocenters. The van der Waals surface area contributed by atoms with E-state index in [9.17, 15) is 0 Å². The summed E-state index contributed by atoms with van der Waals surface area (Å²) in [5.74, 6) is -0.621. The molecule has 0 radical (unpaired) electrons. The van der Waals surface area contributed by atoms with E-state index in [4.69, 9.17) is 18.9 Å². The summed E-state index contributed by atoms with van der Waals surface area (Å²) < 4.78 is 25.2. The molecular formula is C33H48O4. The standard InChI is InChI=1S/C33H48O4/c1-4-5-6-7-8-9-10-11-12-19-24-30(34-25-28-20-15-13-16-21-28)32(31-27-36-33(2,3)37-31)35-26-29-22-17-14-18-23-29/h13-24,30-32H,4-12,25-27H2,1-3H3/b24-19+/t30-,31-,32+/m1/s1. The Bertz CT molecular complexity index is 864. The normalized spacial score (nSPS) is 18.8. The van der Waals surface area contributed by atoms with Gasteiger partial charge in [0.25, 0.3) is 0 Å². The minimum absolute atomic E-state index is 0.202. The highest BCUT2D eigenvalue weighted by atomic mass is 16.8. The summed E-state index contributed by atoms with van der Waals surface area (Å²) in [5.41, 5.74) is 2.28. The molecule has 0 saturated carbocycles. The number of allylic oxidation sites excluding steroid dienone is 1. The van der Waals surface area contributed by atoms with Crippen LogP contribution >= 0.6 is 0 Å². The van der Waals surface area contributed by atoms with Gasteiger partial charge in [0.2, 0.25) is 0 Å². The number of rotatable bonds is 18. The molecule has 4 nitrogen and oxygen atoms in total. The molecule has 2 aromatic carbocycles. The second-order valence-electron chi connectivity index (χ2n) is 10.6. The minimum Gasteiger partial charge on any atom is -0.368 e. The Morgan fingerprint density at radius 2 is 1.38 bits per heavy atom. The fourth-order valence-electron chi connectivity index (χ4n) is 4.71. The van der Waals surface area contributed by atoms with Crippen LogP contribution in [-0.4, -0.2) is 30.7 Å². The molecule has 0 bridgehead atoms. The topological polar surface area (TPSA) is 36.9 Å². The van der Waals surface area contributed by atoms with Gasteiger partial charge in [-0.1, -0.05) is 125 Å². The van der Waals surface area contributed by atoms with Crippen LogP contribution in [0.5, 0.6) is 0 Å². The number of ether oxygens (including phenoxy) is 4. The lowest BCUT2D eigenvalue weighted by Gasteiger charge is -2.30. The third kappa shape index (κ3) is 11.5. The maximum atomic E-state index is 6.52. The van der Waals surface area contributed by atoms with Crippen LogP contribution in [0.25, 0.3) is 0 Å². The van der Waals surface area contributed by atoms with Crippen LogP contribution in [0.4, 0.5) is 0 Å². The summed E-state index contributed by atoms with van der Waals surface area (Å²) in [6.07, 6.45) is 15.4. The maximum Gasteiger partial charge on any atom is 0.163 e. The fraction of sp³-hybridized carbons (Fsp3) is 0.576. The van der Waals surface area contributed by atoms with Gasteiger partial charge < -0.3 is 18.9 Å². The quantitative estimate of drug-likeness (QED) is 0.150. The van der Waals surface area contributed by atoms with Crippen molar-refractivity contribution in [1.29, 1.82) is 0 Å². The van der Waals surface area contributed by atoms with Crippen molar-refractivity contribution in [2.45, 2.75) is 116 Å². The van der Waals surface area contributed by atoms with Crippen molar-refractivity contribution in [1.82, 2.24) is 0 Å². The van der Waals surface area contributed by atoms with E-state index in [0.29, 0.717) is 19.8 Å². The first-order valence-corrected chi connectivity index (χ1v) is 14.4. The van der Waals surface area contributed by atoms with Crippen molar-refractivity contribution < 1.29 is 18.9 Å². The van der Waals surface area contributed by atoms with E-state index < -0.39 is 5.79 Å². The van der Waals surface area contributed by atoms with Crippen LogP contribution in [0.2, 0.25) is 0 Å². The molecule has 204 valence electrons. The summed E-state index contributed by atoms with van der Waals surface area (Å²) >= 11 is 0. The molecule has 1 heterocycles. The minimum atomic E-state index is -0.621. The molecule has 1 saturated heterocycles. The Morgan fingerprint density at radius 3 is 1.95 bits per heavy atom. The maximum absolute atomic E-state index is 6.52. The summed E-state index contributed by atoms with van der Waals surface area (Å²) in [4.78, 5) is 0. The van der Waals surface area contributed by atoms with Gasteiger partial charge in [0.15, 0.2) is 5.79 Å². The van der Waals surface area contributed by atoms with Gasteiger partial charge in [0.1, 0.15) is 18.3 Å². The van der Waals surface area contributed by atoms with Crippen molar-refractivity contribution in [3.63, 3.8) is 0 Å². The lowest BCUT2D eigenvalue weighted by Crippen LogP contribution is -2.42. The summed E-state index contributed by atoms with van der Waals surface area (Å²) in [6.45, 7) is 7.70. The van der Waals surface area contributed by atoms with Crippen molar-refractivity contribution in [2.24, 2.45) is 0 Å². The van der Waals surface area contributed by atoms with Crippen LogP contribution in [0.3, 0.4) is 0 Å². The van der Waals surface area contributed by atoms with Gasteiger partial charge >= 0.3 is 0 Å². The van der Waals surface area contributed by atoms with Gasteiger partial charge in [-0.25, -0.2) is 0 Å². The van der Waals surface area contributed by atoms with Gasteiger partial charge in [-0.3, -0.25) is 0 Å². The Morgan fingerprint density at radius 1 is 0.811 bits per heavy atom.